The van der Waals surface area contributed by atoms with Gasteiger partial charge in [-0.1, -0.05) is 19.1 Å². The molecule has 2 rings (SSSR count). The van der Waals surface area contributed by atoms with Gasteiger partial charge in [0.1, 0.15) is 5.82 Å². The number of methoxy groups -OCH3 is 1. The molecule has 1 saturated heterocycles. The van der Waals surface area contributed by atoms with Crippen molar-refractivity contribution in [3.05, 3.63) is 35.6 Å². The first-order valence-corrected chi connectivity index (χ1v) is 7.71. The Hall–Kier alpha value is -0.970. The van der Waals surface area contributed by atoms with Crippen LogP contribution in [0.25, 0.3) is 0 Å². The van der Waals surface area contributed by atoms with Gasteiger partial charge in [-0.3, -0.25) is 4.90 Å². The first-order valence-electron chi connectivity index (χ1n) is 7.71. The molecular weight excluding hydrogens is 267 g/mol. The smallest absolute Gasteiger partial charge is 0.123 e. The predicted octanol–water partition coefficient (Wildman–Crippen LogP) is 2.44. The van der Waals surface area contributed by atoms with Crippen LogP contribution >= 0.6 is 0 Å². The summed E-state index contributed by atoms with van der Waals surface area (Å²) in [7, 11) is 1.77. The molecule has 1 aliphatic heterocycles. The maximum atomic E-state index is 13.4. The second kappa shape index (κ2) is 6.86. The number of likely N-dealkylation sites (tertiary alicyclic amines) is 1. The molecule has 3 unspecified atom stereocenters. The van der Waals surface area contributed by atoms with Gasteiger partial charge in [0, 0.05) is 25.7 Å². The number of nitrogens with two attached hydrogens (primary N) is 1. The zero-order valence-corrected chi connectivity index (χ0v) is 13.3. The van der Waals surface area contributed by atoms with E-state index in [1.807, 2.05) is 6.07 Å². The molecule has 0 saturated carbocycles. The van der Waals surface area contributed by atoms with Gasteiger partial charge in [0.05, 0.1) is 6.10 Å². The van der Waals surface area contributed by atoms with Gasteiger partial charge in [0.2, 0.25) is 0 Å². The maximum absolute atomic E-state index is 13.4. The standard InChI is InChI=1S/C17H27FN2O/c1-13-7-8-20(11-16(13)21-3)17(2,12-19)10-14-5-4-6-15(18)9-14/h4-6,9,13,16H,7-8,10-12,19H2,1-3H3. The topological polar surface area (TPSA) is 38.5 Å². The van der Waals surface area contributed by atoms with E-state index >= 15 is 0 Å². The highest BCUT2D eigenvalue weighted by Gasteiger charge is 2.36. The zero-order chi connectivity index (χ0) is 15.5. The zero-order valence-electron chi connectivity index (χ0n) is 13.3. The van der Waals surface area contributed by atoms with Crippen molar-refractivity contribution in [3.8, 4) is 0 Å². The first-order chi connectivity index (χ1) is 9.98. The van der Waals surface area contributed by atoms with E-state index in [1.165, 1.54) is 6.07 Å². The highest BCUT2D eigenvalue weighted by molar-refractivity contribution is 5.19. The normalized spacial score (nSPS) is 26.5. The average molecular weight is 294 g/mol. The number of rotatable bonds is 5. The summed E-state index contributed by atoms with van der Waals surface area (Å²) in [6, 6.07) is 6.82. The van der Waals surface area contributed by atoms with Crippen LogP contribution in [0.4, 0.5) is 4.39 Å². The van der Waals surface area contributed by atoms with Gasteiger partial charge in [-0.05, 0) is 49.9 Å². The van der Waals surface area contributed by atoms with Gasteiger partial charge in [0.15, 0.2) is 0 Å². The molecule has 0 radical (unpaired) electrons. The Balaban J connectivity index is 2.13. The number of nitrogens with zero attached hydrogens (tertiary/aromatic N) is 1. The van der Waals surface area contributed by atoms with Crippen molar-refractivity contribution in [2.24, 2.45) is 11.7 Å². The van der Waals surface area contributed by atoms with E-state index in [9.17, 15) is 4.39 Å². The SMILES string of the molecule is COC1CN(C(C)(CN)Cc2cccc(F)c2)CCC1C. The molecule has 1 aromatic carbocycles. The van der Waals surface area contributed by atoms with Crippen LogP contribution < -0.4 is 5.73 Å². The number of halogens is 1. The molecule has 1 fully saturated rings. The van der Waals surface area contributed by atoms with Crippen LogP contribution in [0.3, 0.4) is 0 Å². The van der Waals surface area contributed by atoms with E-state index in [4.69, 9.17) is 10.5 Å². The molecule has 1 aromatic rings. The van der Waals surface area contributed by atoms with Gasteiger partial charge in [-0.25, -0.2) is 4.39 Å². The van der Waals surface area contributed by atoms with Crippen molar-refractivity contribution < 1.29 is 9.13 Å². The summed E-state index contributed by atoms with van der Waals surface area (Å²) in [6.45, 7) is 6.86. The van der Waals surface area contributed by atoms with Crippen molar-refractivity contribution >= 4 is 0 Å². The fraction of sp³-hybridized carbons (Fsp3) is 0.647. The Bertz CT molecular complexity index is 468. The minimum atomic E-state index is -0.186. The van der Waals surface area contributed by atoms with Gasteiger partial charge >= 0.3 is 0 Å². The van der Waals surface area contributed by atoms with Crippen LogP contribution in [-0.2, 0) is 11.2 Å². The Labute approximate surface area is 127 Å². The van der Waals surface area contributed by atoms with E-state index < -0.39 is 0 Å². The third-order valence-corrected chi connectivity index (χ3v) is 4.87. The van der Waals surface area contributed by atoms with Crippen LogP contribution in [0.1, 0.15) is 25.8 Å². The summed E-state index contributed by atoms with van der Waals surface area (Å²) in [6.07, 6.45) is 2.11. The van der Waals surface area contributed by atoms with Crippen molar-refractivity contribution in [3.63, 3.8) is 0 Å². The van der Waals surface area contributed by atoms with Gasteiger partial charge in [0.25, 0.3) is 0 Å². The van der Waals surface area contributed by atoms with E-state index in [0.717, 1.165) is 31.5 Å². The summed E-state index contributed by atoms with van der Waals surface area (Å²) in [4.78, 5) is 2.41. The van der Waals surface area contributed by atoms with E-state index in [0.29, 0.717) is 12.5 Å². The van der Waals surface area contributed by atoms with Crippen LogP contribution in [0.15, 0.2) is 24.3 Å². The molecule has 0 bridgehead atoms. The second-order valence-electron chi connectivity index (χ2n) is 6.49. The third-order valence-electron chi connectivity index (χ3n) is 4.87. The van der Waals surface area contributed by atoms with E-state index in [-0.39, 0.29) is 17.5 Å². The molecule has 4 heteroatoms. The molecule has 21 heavy (non-hydrogen) atoms. The van der Waals surface area contributed by atoms with Crippen LogP contribution in [-0.4, -0.2) is 43.3 Å². The van der Waals surface area contributed by atoms with Crippen molar-refractivity contribution in [1.29, 1.82) is 0 Å². The Morgan fingerprint density at radius 2 is 2.24 bits per heavy atom. The molecule has 1 heterocycles. The summed E-state index contributed by atoms with van der Waals surface area (Å²) in [5, 5.41) is 0. The summed E-state index contributed by atoms with van der Waals surface area (Å²) in [5.74, 6) is 0.386. The Morgan fingerprint density at radius 3 is 2.86 bits per heavy atom. The summed E-state index contributed by atoms with van der Waals surface area (Å²) in [5.41, 5.74) is 6.90. The van der Waals surface area contributed by atoms with Crippen LogP contribution in [0.2, 0.25) is 0 Å². The largest absolute Gasteiger partial charge is 0.380 e. The number of hydrogen-bond acceptors (Lipinski definition) is 3. The highest BCUT2D eigenvalue weighted by Crippen LogP contribution is 2.28. The molecule has 2 N–H and O–H groups in total. The first kappa shape index (κ1) is 16.4. The number of benzene rings is 1. The van der Waals surface area contributed by atoms with Gasteiger partial charge in [-0.2, -0.15) is 0 Å². The lowest BCUT2D eigenvalue weighted by molar-refractivity contribution is -0.0400. The lowest BCUT2D eigenvalue weighted by atomic mass is 9.86. The minimum Gasteiger partial charge on any atom is -0.380 e. The van der Waals surface area contributed by atoms with Crippen LogP contribution in [0.5, 0.6) is 0 Å². The van der Waals surface area contributed by atoms with Gasteiger partial charge < -0.3 is 10.5 Å². The number of ether oxygens (including phenoxy) is 1. The molecular formula is C17H27FN2O. The maximum Gasteiger partial charge on any atom is 0.123 e. The Kier molecular flexibility index (Phi) is 5.36. The Morgan fingerprint density at radius 1 is 1.48 bits per heavy atom. The number of piperidine rings is 1. The molecule has 118 valence electrons. The lowest BCUT2D eigenvalue weighted by Crippen LogP contribution is -2.59. The van der Waals surface area contributed by atoms with Crippen molar-refractivity contribution in [1.82, 2.24) is 4.90 Å². The third kappa shape index (κ3) is 3.82. The average Bonchev–Trinajstić information content (AvgIpc) is 2.47. The minimum absolute atomic E-state index is 0.162. The summed E-state index contributed by atoms with van der Waals surface area (Å²) >= 11 is 0. The fourth-order valence-corrected chi connectivity index (χ4v) is 3.23. The monoisotopic (exact) mass is 294 g/mol. The quantitative estimate of drug-likeness (QED) is 0.906. The van der Waals surface area contributed by atoms with E-state index in [2.05, 4.69) is 18.7 Å². The molecule has 0 amide bonds. The molecule has 0 spiro atoms. The number of hydrogen-bond donors (Lipinski definition) is 1. The molecule has 1 aliphatic rings. The van der Waals surface area contributed by atoms with Crippen molar-refractivity contribution in [2.45, 2.75) is 38.3 Å². The van der Waals surface area contributed by atoms with Crippen molar-refractivity contribution in [2.75, 3.05) is 26.7 Å². The molecule has 0 aromatic heterocycles. The summed E-state index contributed by atoms with van der Waals surface area (Å²) < 4.78 is 19.0. The van der Waals surface area contributed by atoms with Crippen LogP contribution in [0, 0.1) is 11.7 Å². The molecule has 0 aliphatic carbocycles. The molecule has 3 atom stereocenters. The predicted molar refractivity (Wildman–Crippen MR) is 83.7 cm³/mol. The molecule has 3 nitrogen and oxygen atoms in total. The second-order valence-corrected chi connectivity index (χ2v) is 6.49. The fourth-order valence-electron chi connectivity index (χ4n) is 3.23. The highest BCUT2D eigenvalue weighted by atomic mass is 19.1. The van der Waals surface area contributed by atoms with Gasteiger partial charge in [-0.15, -0.1) is 0 Å². The lowest BCUT2D eigenvalue weighted by Gasteiger charge is -2.46. The van der Waals surface area contributed by atoms with E-state index in [1.54, 1.807) is 19.2 Å².